The van der Waals surface area contributed by atoms with Crippen LogP contribution in [0, 0.1) is 11.7 Å². The molecule has 1 saturated heterocycles. The van der Waals surface area contributed by atoms with Crippen molar-refractivity contribution in [3.8, 4) is 0 Å². The van der Waals surface area contributed by atoms with Gasteiger partial charge in [-0.15, -0.1) is 0 Å². The standard InChI is InChI=1S/C21H23FN2O3/c22-17-8-3-7-16-19(17)21(27)24(20(16)26)11-4-9-18(25)23-12-10-14-5-1-2-6-15(14)13-23/h3,6-8,14H,1-2,4-5,9-13H2. The molecule has 142 valence electrons. The monoisotopic (exact) mass is 370 g/mol. The second kappa shape index (κ2) is 7.25. The van der Waals surface area contributed by atoms with Crippen LogP contribution >= 0.6 is 0 Å². The van der Waals surface area contributed by atoms with E-state index in [1.54, 1.807) is 0 Å². The molecule has 1 aromatic carbocycles. The van der Waals surface area contributed by atoms with E-state index in [4.69, 9.17) is 0 Å². The topological polar surface area (TPSA) is 57.7 Å². The van der Waals surface area contributed by atoms with Crippen LogP contribution in [-0.4, -0.2) is 47.2 Å². The summed E-state index contributed by atoms with van der Waals surface area (Å²) in [6.07, 6.45) is 7.55. The summed E-state index contributed by atoms with van der Waals surface area (Å²) in [6.45, 7) is 1.62. The lowest BCUT2D eigenvalue weighted by Crippen LogP contribution is -2.41. The number of benzene rings is 1. The van der Waals surface area contributed by atoms with Crippen molar-refractivity contribution in [1.82, 2.24) is 9.80 Å². The van der Waals surface area contributed by atoms with Gasteiger partial charge in [0.15, 0.2) is 0 Å². The number of halogens is 1. The molecule has 5 nitrogen and oxygen atoms in total. The van der Waals surface area contributed by atoms with Gasteiger partial charge < -0.3 is 4.90 Å². The Balaban J connectivity index is 1.32. The van der Waals surface area contributed by atoms with Crippen molar-refractivity contribution < 1.29 is 18.8 Å². The Hall–Kier alpha value is -2.50. The molecule has 6 heteroatoms. The van der Waals surface area contributed by atoms with Crippen molar-refractivity contribution in [3.63, 3.8) is 0 Å². The molecule has 1 aromatic rings. The summed E-state index contributed by atoms with van der Waals surface area (Å²) in [5, 5.41) is 0. The number of fused-ring (bicyclic) bond motifs is 2. The minimum absolute atomic E-state index is 0.0581. The third-order valence-electron chi connectivity index (χ3n) is 5.88. The number of rotatable bonds is 4. The van der Waals surface area contributed by atoms with Crippen molar-refractivity contribution in [1.29, 1.82) is 0 Å². The van der Waals surface area contributed by atoms with E-state index in [1.165, 1.54) is 36.6 Å². The maximum absolute atomic E-state index is 13.9. The molecule has 0 radical (unpaired) electrons. The molecule has 4 rings (SSSR count). The van der Waals surface area contributed by atoms with Crippen molar-refractivity contribution >= 4 is 17.7 Å². The van der Waals surface area contributed by atoms with Crippen LogP contribution in [0.1, 0.15) is 59.2 Å². The number of imide groups is 1. The van der Waals surface area contributed by atoms with Crippen LogP contribution in [0.15, 0.2) is 29.8 Å². The van der Waals surface area contributed by atoms with E-state index in [9.17, 15) is 18.8 Å². The molecule has 1 aliphatic carbocycles. The zero-order valence-electron chi connectivity index (χ0n) is 15.2. The first-order valence-electron chi connectivity index (χ1n) is 9.67. The lowest BCUT2D eigenvalue weighted by atomic mass is 9.82. The summed E-state index contributed by atoms with van der Waals surface area (Å²) in [6, 6.07) is 4.07. The number of hydrogen-bond donors (Lipinski definition) is 0. The van der Waals surface area contributed by atoms with Gasteiger partial charge in [0.25, 0.3) is 11.8 Å². The average Bonchev–Trinajstić information content (AvgIpc) is 2.93. The van der Waals surface area contributed by atoms with Crippen molar-refractivity contribution in [2.24, 2.45) is 5.92 Å². The normalized spacial score (nSPS) is 21.8. The quantitative estimate of drug-likeness (QED) is 0.604. The Bertz CT molecular complexity index is 833. The molecular formula is C21H23FN2O3. The molecule has 1 unspecified atom stereocenters. The van der Waals surface area contributed by atoms with Crippen LogP contribution in [0.5, 0.6) is 0 Å². The Morgan fingerprint density at radius 1 is 1.19 bits per heavy atom. The maximum atomic E-state index is 13.9. The third kappa shape index (κ3) is 3.29. The van der Waals surface area contributed by atoms with Gasteiger partial charge in [0.1, 0.15) is 5.82 Å². The fraction of sp³-hybridized carbons (Fsp3) is 0.476. The third-order valence-corrected chi connectivity index (χ3v) is 5.88. The first kappa shape index (κ1) is 17.9. The summed E-state index contributed by atoms with van der Waals surface area (Å²) >= 11 is 0. The maximum Gasteiger partial charge on any atom is 0.264 e. The molecule has 0 N–H and O–H groups in total. The molecule has 3 aliphatic rings. The Labute approximate surface area is 157 Å². The summed E-state index contributed by atoms with van der Waals surface area (Å²) in [7, 11) is 0. The highest BCUT2D eigenvalue weighted by molar-refractivity contribution is 6.21. The molecule has 27 heavy (non-hydrogen) atoms. The fourth-order valence-electron chi connectivity index (χ4n) is 4.39. The SMILES string of the molecule is O=C(CCCN1C(=O)c2cccc(F)c2C1=O)N1CCC2CCCC=C2C1. The number of piperidine rings is 1. The van der Waals surface area contributed by atoms with Gasteiger partial charge in [0, 0.05) is 26.1 Å². The summed E-state index contributed by atoms with van der Waals surface area (Å²) in [5.74, 6) is -1.06. The molecule has 2 heterocycles. The molecule has 1 atom stereocenters. The van der Waals surface area contributed by atoms with E-state index in [1.807, 2.05) is 4.90 Å². The van der Waals surface area contributed by atoms with Crippen LogP contribution in [0.4, 0.5) is 4.39 Å². The highest BCUT2D eigenvalue weighted by Crippen LogP contribution is 2.32. The van der Waals surface area contributed by atoms with Gasteiger partial charge in [-0.3, -0.25) is 19.3 Å². The van der Waals surface area contributed by atoms with Crippen LogP contribution in [0.3, 0.4) is 0 Å². The van der Waals surface area contributed by atoms with E-state index in [-0.39, 0.29) is 30.0 Å². The summed E-state index contributed by atoms with van der Waals surface area (Å²) in [5.41, 5.74) is 1.34. The van der Waals surface area contributed by atoms with E-state index in [0.717, 1.165) is 24.3 Å². The number of carbonyl (C=O) groups excluding carboxylic acids is 3. The van der Waals surface area contributed by atoms with Crippen molar-refractivity contribution in [2.75, 3.05) is 19.6 Å². The average molecular weight is 370 g/mol. The first-order chi connectivity index (χ1) is 13.1. The van der Waals surface area contributed by atoms with Crippen molar-refractivity contribution in [2.45, 2.75) is 38.5 Å². The van der Waals surface area contributed by atoms with E-state index in [2.05, 4.69) is 6.08 Å². The largest absolute Gasteiger partial charge is 0.339 e. The van der Waals surface area contributed by atoms with Crippen LogP contribution in [0.2, 0.25) is 0 Å². The highest BCUT2D eigenvalue weighted by atomic mass is 19.1. The van der Waals surface area contributed by atoms with Crippen LogP contribution < -0.4 is 0 Å². The minimum atomic E-state index is -0.673. The number of amides is 3. The van der Waals surface area contributed by atoms with Gasteiger partial charge in [-0.2, -0.15) is 0 Å². The predicted molar refractivity (Wildman–Crippen MR) is 97.6 cm³/mol. The van der Waals surface area contributed by atoms with Crippen LogP contribution in [-0.2, 0) is 4.79 Å². The number of likely N-dealkylation sites (tertiary alicyclic amines) is 1. The minimum Gasteiger partial charge on any atom is -0.339 e. The molecule has 3 amide bonds. The molecule has 2 aliphatic heterocycles. The van der Waals surface area contributed by atoms with Gasteiger partial charge in [-0.25, -0.2) is 4.39 Å². The molecule has 0 saturated carbocycles. The highest BCUT2D eigenvalue weighted by Gasteiger charge is 2.37. The second-order valence-corrected chi connectivity index (χ2v) is 7.54. The molecule has 0 spiro atoms. The van der Waals surface area contributed by atoms with Gasteiger partial charge in [-0.1, -0.05) is 17.7 Å². The predicted octanol–water partition coefficient (Wildman–Crippen LogP) is 3.16. The molecule has 1 fully saturated rings. The van der Waals surface area contributed by atoms with Gasteiger partial charge in [0.2, 0.25) is 5.91 Å². The molecular weight excluding hydrogens is 347 g/mol. The van der Waals surface area contributed by atoms with Gasteiger partial charge >= 0.3 is 0 Å². The second-order valence-electron chi connectivity index (χ2n) is 7.54. The molecule has 0 aromatic heterocycles. The van der Waals surface area contributed by atoms with E-state index in [0.29, 0.717) is 18.9 Å². The van der Waals surface area contributed by atoms with Crippen LogP contribution in [0.25, 0.3) is 0 Å². The Morgan fingerprint density at radius 3 is 2.85 bits per heavy atom. The Morgan fingerprint density at radius 2 is 2.04 bits per heavy atom. The smallest absolute Gasteiger partial charge is 0.264 e. The van der Waals surface area contributed by atoms with Gasteiger partial charge in [-0.05, 0) is 50.2 Å². The molecule has 0 bridgehead atoms. The summed E-state index contributed by atoms with van der Waals surface area (Å²) in [4.78, 5) is 40.1. The van der Waals surface area contributed by atoms with Crippen molar-refractivity contribution in [3.05, 3.63) is 46.8 Å². The van der Waals surface area contributed by atoms with E-state index < -0.39 is 17.6 Å². The fourth-order valence-corrected chi connectivity index (χ4v) is 4.39. The zero-order chi connectivity index (χ0) is 19.0. The summed E-state index contributed by atoms with van der Waals surface area (Å²) < 4.78 is 13.9. The van der Waals surface area contributed by atoms with Gasteiger partial charge in [0.05, 0.1) is 11.1 Å². The van der Waals surface area contributed by atoms with E-state index >= 15 is 0 Å². The first-order valence-corrected chi connectivity index (χ1v) is 9.67. The lowest BCUT2D eigenvalue weighted by molar-refractivity contribution is -0.131. The Kier molecular flexibility index (Phi) is 4.81. The number of carbonyl (C=O) groups is 3. The zero-order valence-corrected chi connectivity index (χ0v) is 15.2. The lowest BCUT2D eigenvalue weighted by Gasteiger charge is -2.36. The number of allylic oxidation sites excluding steroid dienone is 1. The number of nitrogens with zero attached hydrogens (tertiary/aromatic N) is 2. The number of hydrogen-bond acceptors (Lipinski definition) is 3.